The lowest BCUT2D eigenvalue weighted by atomic mass is 10.1. The molecule has 1 unspecified atom stereocenters. The second kappa shape index (κ2) is 12.6. The number of nitrogens with zero attached hydrogens (tertiary/aromatic N) is 4. The van der Waals surface area contributed by atoms with Crippen LogP contribution >= 0.6 is 24.0 Å². The van der Waals surface area contributed by atoms with Crippen molar-refractivity contribution in [1.29, 1.82) is 0 Å². The fraction of sp³-hybridized carbons (Fsp3) is 0.524. The molecule has 3 rings (SSSR count). The van der Waals surface area contributed by atoms with Crippen LogP contribution in [0.3, 0.4) is 0 Å². The molecule has 2 heterocycles. The van der Waals surface area contributed by atoms with Gasteiger partial charge in [0.05, 0.1) is 27.3 Å². The van der Waals surface area contributed by atoms with Crippen LogP contribution < -0.4 is 15.4 Å². The van der Waals surface area contributed by atoms with Crippen LogP contribution in [0, 0.1) is 0 Å². The second-order valence-electron chi connectivity index (χ2n) is 7.16. The number of carbonyl (C=O) groups is 1. The van der Waals surface area contributed by atoms with Crippen LogP contribution in [0.25, 0.3) is 0 Å². The van der Waals surface area contributed by atoms with Gasteiger partial charge < -0.3 is 24.8 Å². The summed E-state index contributed by atoms with van der Waals surface area (Å²) in [6.07, 6.45) is 1.79. The van der Waals surface area contributed by atoms with Gasteiger partial charge in [-0.25, -0.2) is 19.5 Å². The van der Waals surface area contributed by atoms with E-state index >= 15 is 0 Å². The second-order valence-corrected chi connectivity index (χ2v) is 7.16. The molecule has 0 amide bonds. The zero-order valence-corrected chi connectivity index (χ0v) is 21.2. The number of methoxy groups -OCH3 is 3. The maximum absolute atomic E-state index is 11.8. The quantitative estimate of drug-likeness (QED) is 0.219. The molecule has 0 bridgehead atoms. The number of ether oxygens (including phenoxy) is 3. The summed E-state index contributed by atoms with van der Waals surface area (Å²) in [4.78, 5) is 21.0. The highest BCUT2D eigenvalue weighted by molar-refractivity contribution is 14.0. The molecule has 0 saturated heterocycles. The number of carbonyl (C=O) groups excluding carboxylic acids is 1. The lowest BCUT2D eigenvalue weighted by molar-refractivity contribution is 0.0597. The highest BCUT2D eigenvalue weighted by atomic mass is 127. The van der Waals surface area contributed by atoms with Crippen LogP contribution in [0.2, 0.25) is 0 Å². The number of guanidine groups is 1. The summed E-state index contributed by atoms with van der Waals surface area (Å²) in [5, 5.41) is 11.3. The van der Waals surface area contributed by atoms with Crippen LogP contribution in [0.5, 0.6) is 5.75 Å². The fourth-order valence-corrected chi connectivity index (χ4v) is 3.46. The highest BCUT2D eigenvalue weighted by Gasteiger charge is 2.22. The number of halogens is 1. The Balaban J connectivity index is 0.00000363. The minimum Gasteiger partial charge on any atom is -0.496 e. The van der Waals surface area contributed by atoms with Crippen LogP contribution in [0.4, 0.5) is 0 Å². The topological polar surface area (TPSA) is 112 Å². The molecule has 0 radical (unpaired) electrons. The van der Waals surface area contributed by atoms with Crippen molar-refractivity contribution in [2.75, 3.05) is 27.9 Å². The summed E-state index contributed by atoms with van der Waals surface area (Å²) in [5.41, 5.74) is 1.31. The van der Waals surface area contributed by atoms with Gasteiger partial charge in [0.15, 0.2) is 11.8 Å². The zero-order chi connectivity index (χ0) is 22.2. The Labute approximate surface area is 205 Å². The molecule has 0 fully saturated rings. The first kappa shape index (κ1) is 25.8. The number of hydrogen-bond acceptors (Lipinski definition) is 7. The monoisotopic (exact) mass is 558 g/mol. The van der Waals surface area contributed by atoms with Crippen LogP contribution in [-0.4, -0.2) is 60.6 Å². The third-order valence-corrected chi connectivity index (χ3v) is 4.95. The summed E-state index contributed by atoms with van der Waals surface area (Å²) in [6.45, 7) is 4.35. The Hall–Kier alpha value is -2.41. The molecular weight excluding hydrogens is 527 g/mol. The van der Waals surface area contributed by atoms with E-state index in [9.17, 15) is 4.79 Å². The first-order valence-corrected chi connectivity index (χ1v) is 10.3. The molecule has 0 spiro atoms. The van der Waals surface area contributed by atoms with E-state index in [2.05, 4.69) is 20.7 Å². The molecular formula is C21H31IN6O4. The van der Waals surface area contributed by atoms with E-state index in [1.165, 1.54) is 14.2 Å². The first-order valence-electron chi connectivity index (χ1n) is 10.3. The molecule has 1 aromatic heterocycles. The van der Waals surface area contributed by atoms with E-state index in [1.807, 2.05) is 17.7 Å². The minimum absolute atomic E-state index is 0. The number of aryl methyl sites for hydroxylation is 1. The van der Waals surface area contributed by atoms with E-state index in [4.69, 9.17) is 19.2 Å². The van der Waals surface area contributed by atoms with Crippen molar-refractivity contribution in [3.8, 4) is 5.75 Å². The van der Waals surface area contributed by atoms with E-state index in [0.717, 1.165) is 43.3 Å². The van der Waals surface area contributed by atoms with Gasteiger partial charge in [0, 0.05) is 26.1 Å². The molecule has 10 nitrogen and oxygen atoms in total. The Morgan fingerprint density at radius 1 is 1.31 bits per heavy atom. The molecule has 0 aliphatic carbocycles. The number of aromatic nitrogens is 3. The van der Waals surface area contributed by atoms with Gasteiger partial charge >= 0.3 is 5.97 Å². The Morgan fingerprint density at radius 2 is 2.12 bits per heavy atom. The number of nitrogens with one attached hydrogen (secondary N) is 2. The molecule has 0 saturated carbocycles. The molecule has 32 heavy (non-hydrogen) atoms. The van der Waals surface area contributed by atoms with Crippen LogP contribution in [-0.2, 0) is 35.6 Å². The summed E-state index contributed by atoms with van der Waals surface area (Å²) >= 11 is 0. The van der Waals surface area contributed by atoms with Crippen molar-refractivity contribution >= 4 is 35.9 Å². The number of fused-ring (bicyclic) bond motifs is 1. The molecule has 1 aliphatic rings. The lowest BCUT2D eigenvalue weighted by Crippen LogP contribution is -2.47. The fourth-order valence-electron chi connectivity index (χ4n) is 3.46. The standard InChI is InChI=1S/C21H30N6O4.HI/c1-5-22-21(23-11-14-6-8-16(20(28)31-4)17(10-14)30-3)24-15-7-9-19-25-18(13-29-2)26-27(19)12-15;/h6,8,10,15H,5,7,9,11-13H2,1-4H3,(H2,22,23,24);1H. The van der Waals surface area contributed by atoms with E-state index in [0.29, 0.717) is 30.3 Å². The minimum atomic E-state index is -0.430. The van der Waals surface area contributed by atoms with Crippen LogP contribution in [0.1, 0.15) is 40.9 Å². The smallest absolute Gasteiger partial charge is 0.341 e. The van der Waals surface area contributed by atoms with Crippen molar-refractivity contribution in [3.05, 3.63) is 41.0 Å². The van der Waals surface area contributed by atoms with E-state index in [-0.39, 0.29) is 30.0 Å². The normalized spacial score (nSPS) is 15.4. The summed E-state index contributed by atoms with van der Waals surface area (Å²) < 4.78 is 17.2. The number of hydrogen-bond donors (Lipinski definition) is 2. The van der Waals surface area contributed by atoms with E-state index < -0.39 is 5.97 Å². The van der Waals surface area contributed by atoms with Gasteiger partial charge in [0.25, 0.3) is 0 Å². The van der Waals surface area contributed by atoms with Gasteiger partial charge in [-0.15, -0.1) is 24.0 Å². The number of benzene rings is 1. The van der Waals surface area contributed by atoms with Gasteiger partial charge in [-0.1, -0.05) is 6.07 Å². The lowest BCUT2D eigenvalue weighted by Gasteiger charge is -2.25. The summed E-state index contributed by atoms with van der Waals surface area (Å²) in [6, 6.07) is 5.54. The van der Waals surface area contributed by atoms with Crippen LogP contribution in [0.15, 0.2) is 23.2 Å². The average molecular weight is 558 g/mol. The Kier molecular flexibility index (Phi) is 10.2. The van der Waals surface area contributed by atoms with Crippen molar-refractivity contribution in [2.24, 2.45) is 4.99 Å². The third kappa shape index (κ3) is 6.55. The summed E-state index contributed by atoms with van der Waals surface area (Å²) in [5.74, 6) is 2.47. The average Bonchev–Trinajstić information content (AvgIpc) is 3.18. The van der Waals surface area contributed by atoms with Crippen molar-refractivity contribution < 1.29 is 19.0 Å². The molecule has 1 aromatic carbocycles. The van der Waals surface area contributed by atoms with Gasteiger partial charge in [-0.05, 0) is 31.0 Å². The van der Waals surface area contributed by atoms with Gasteiger partial charge in [0.1, 0.15) is 23.7 Å². The number of esters is 1. The van der Waals surface area contributed by atoms with Gasteiger partial charge in [-0.2, -0.15) is 5.10 Å². The molecule has 2 aromatic rings. The van der Waals surface area contributed by atoms with Crippen molar-refractivity contribution in [2.45, 2.75) is 45.5 Å². The largest absolute Gasteiger partial charge is 0.496 e. The van der Waals surface area contributed by atoms with Gasteiger partial charge in [0.2, 0.25) is 0 Å². The highest BCUT2D eigenvalue weighted by Crippen LogP contribution is 2.21. The SMILES string of the molecule is CCNC(=NCc1ccc(C(=O)OC)c(OC)c1)NC1CCc2nc(COC)nn2C1.I. The molecule has 11 heteroatoms. The number of aliphatic imine (C=N–C) groups is 1. The first-order chi connectivity index (χ1) is 15.1. The maximum Gasteiger partial charge on any atom is 0.341 e. The Morgan fingerprint density at radius 3 is 2.81 bits per heavy atom. The third-order valence-electron chi connectivity index (χ3n) is 4.95. The maximum atomic E-state index is 11.8. The molecule has 2 N–H and O–H groups in total. The molecule has 176 valence electrons. The summed E-state index contributed by atoms with van der Waals surface area (Å²) in [7, 11) is 4.52. The number of rotatable bonds is 8. The Bertz CT molecular complexity index is 933. The van der Waals surface area contributed by atoms with E-state index in [1.54, 1.807) is 19.2 Å². The molecule has 1 aliphatic heterocycles. The predicted octanol–water partition coefficient (Wildman–Crippen LogP) is 1.91. The van der Waals surface area contributed by atoms with Crippen molar-refractivity contribution in [1.82, 2.24) is 25.4 Å². The predicted molar refractivity (Wildman–Crippen MR) is 131 cm³/mol. The van der Waals surface area contributed by atoms with Gasteiger partial charge in [-0.3, -0.25) is 0 Å². The van der Waals surface area contributed by atoms with Crippen molar-refractivity contribution in [3.63, 3.8) is 0 Å². The zero-order valence-electron chi connectivity index (χ0n) is 18.9. The molecule has 1 atom stereocenters.